The molecular weight excluding hydrogens is 1300 g/mol. The average molecular weight is 1380 g/mol. The van der Waals surface area contributed by atoms with Gasteiger partial charge in [-0.25, -0.2) is 0 Å². The smallest absolute Gasteiger partial charge is 0.290 e. The number of ether oxygens (including phenoxy) is 14. The Morgan fingerprint density at radius 3 is 0.823 bits per heavy atom. The maximum absolute atomic E-state index is 13.9. The molecular formula is C58H80N2O36. The van der Waals surface area contributed by atoms with Crippen molar-refractivity contribution in [2.24, 2.45) is 0 Å². The fraction of sp³-hybridized carbons (Fsp3) is 0.724. The van der Waals surface area contributed by atoms with Gasteiger partial charge in [-0.1, -0.05) is 59.8 Å². The van der Waals surface area contributed by atoms with Crippen LogP contribution in [0.1, 0.15) is 10.6 Å². The van der Waals surface area contributed by atoms with Crippen molar-refractivity contribution in [2.75, 3.05) is 46.2 Å². The Labute approximate surface area is 542 Å². The van der Waals surface area contributed by atoms with Crippen LogP contribution in [0.15, 0.2) is 65.2 Å². The van der Waals surface area contributed by atoms with Crippen LogP contribution in [0.25, 0.3) is 22.4 Å². The third-order valence-electron chi connectivity index (χ3n) is 18.1. The lowest BCUT2D eigenvalue weighted by Gasteiger charge is -2.50. The van der Waals surface area contributed by atoms with E-state index in [-0.39, 0.29) is 11.5 Å². The van der Waals surface area contributed by atoms with Gasteiger partial charge in [0.05, 0.1) is 39.6 Å². The van der Waals surface area contributed by atoms with Gasteiger partial charge in [0, 0.05) is 18.2 Å². The maximum Gasteiger partial charge on any atom is 0.290 e. The molecule has 21 aliphatic heterocycles. The van der Waals surface area contributed by atoms with Gasteiger partial charge in [0.1, 0.15) is 177 Å². The topological polar surface area (TPSA) is 589 Å². The molecule has 1 amide bonds. The quantitative estimate of drug-likeness (QED) is 0.0848. The highest BCUT2D eigenvalue weighted by molar-refractivity contribution is 5.92. The summed E-state index contributed by atoms with van der Waals surface area (Å²) in [7, 11) is 0. The number of rotatable bonds is 11. The summed E-state index contributed by atoms with van der Waals surface area (Å²) in [4.78, 5) is 13.9. The van der Waals surface area contributed by atoms with Gasteiger partial charge < -0.3 is 178 Å². The minimum Gasteiger partial charge on any atom is -0.394 e. The first-order valence-corrected chi connectivity index (χ1v) is 30.8. The van der Waals surface area contributed by atoms with Crippen LogP contribution >= 0.6 is 0 Å². The molecule has 14 bridgehead atoms. The Bertz CT molecular complexity index is 2930. The van der Waals surface area contributed by atoms with Gasteiger partial charge in [-0.3, -0.25) is 4.79 Å². The number of hydrogen-bond acceptors (Lipinski definition) is 37. The van der Waals surface area contributed by atoms with Gasteiger partial charge in [-0.15, -0.1) is 0 Å². The molecule has 0 unspecified atom stereocenters. The zero-order chi connectivity index (χ0) is 68.7. The summed E-state index contributed by atoms with van der Waals surface area (Å²) in [5.41, 5.74) is 2.60. The molecule has 21 saturated heterocycles. The van der Waals surface area contributed by atoms with Gasteiger partial charge in [-0.2, -0.15) is 0 Å². The minimum absolute atomic E-state index is 0.231. The fourth-order valence-electron chi connectivity index (χ4n) is 12.7. The molecule has 35 atom stereocenters. The average Bonchev–Trinajstić information content (AvgIpc) is 1.01. The van der Waals surface area contributed by atoms with Crippen LogP contribution in [0.5, 0.6) is 0 Å². The van der Waals surface area contributed by atoms with Crippen LogP contribution in [0.3, 0.4) is 0 Å². The molecule has 38 nitrogen and oxygen atoms in total. The summed E-state index contributed by atoms with van der Waals surface area (Å²) in [6, 6.07) is 17.9. The molecule has 22 heterocycles. The Kier molecular flexibility index (Phi) is 23.8. The maximum atomic E-state index is 13.9. The molecule has 3 aromatic rings. The molecule has 0 spiro atoms. The van der Waals surface area contributed by atoms with E-state index in [0.29, 0.717) is 5.56 Å². The molecule has 38 heteroatoms. The zero-order valence-corrected chi connectivity index (χ0v) is 50.4. The van der Waals surface area contributed by atoms with Gasteiger partial charge in [0.2, 0.25) is 5.76 Å². The standard InChI is InChI=1S/C58H80N2O36/c61-12-24-45-32(69)39(76)54(84-24)92-47-26(14-63)86-56(41(78)34(47)71)94-49-28(16-65)88-58(43(80)36(49)73)95-50-29(17-66)87-57(42(79)35(50)72)93-48-27(15-64)85-55(40(77)33(48)70)91-46-25(13-62)83-53(38(75)31(46)68)89-44-23(82-52(90-45)37(74)30(44)67)11-59-51(81)22-10-21(60-96-22)20-8-6-19(7-9-20)18-4-2-1-3-5-18/h1-10,23-50,52-58,61-80H,11-17H2,(H,59,81)/t23-,24-,25-,26-,27-,28-,29-,30-,31-,32-,33-,34-,35-,36-,37-,38-,39+,40-,41+,42-,43-,44-,45-,46-,47-,48-,49-,50-,52-,53-,54-,55-,56-,57-,58-/m1/s1. The lowest BCUT2D eigenvalue weighted by atomic mass is 9.95. The molecule has 21 aliphatic rings. The van der Waals surface area contributed by atoms with Crippen molar-refractivity contribution < 1.29 is 178 Å². The predicted molar refractivity (Wildman–Crippen MR) is 301 cm³/mol. The molecule has 96 heavy (non-hydrogen) atoms. The molecule has 538 valence electrons. The molecule has 24 rings (SSSR count). The number of amides is 1. The van der Waals surface area contributed by atoms with Crippen LogP contribution < -0.4 is 5.32 Å². The number of aromatic nitrogens is 1. The fourth-order valence-corrected chi connectivity index (χ4v) is 12.7. The molecule has 0 radical (unpaired) electrons. The molecule has 0 saturated carbocycles. The van der Waals surface area contributed by atoms with Crippen LogP contribution in [0, 0.1) is 0 Å². The van der Waals surface area contributed by atoms with Gasteiger partial charge in [0.15, 0.2) is 44.0 Å². The Balaban J connectivity index is 0.875. The van der Waals surface area contributed by atoms with E-state index in [1.54, 1.807) is 12.1 Å². The van der Waals surface area contributed by atoms with Gasteiger partial charge in [0.25, 0.3) is 5.91 Å². The molecule has 1 aromatic heterocycles. The number of benzene rings is 2. The molecule has 21 N–H and O–H groups in total. The SMILES string of the molecule is O=C(NC[C@H]1O[C@@H]2O[C@H]3[C@H](O)[C@H](O)[C@@H](O[C@H]4[C@H](O)[C@H](O)[C@@H](O[C@H]5[C@H](O)[C@@H](O)[C@@H](O[C@H]6[C@H](O)[C@@H](O)[C@@H](O[C@H]7[C@H](O)[C@@H](O)[C@@H](O[C@H]8[C@H](O)[C@@H](O)[C@@H](O[C@H]1[C@H](O)[C@H]2O)O[C@@H]8CO)O[C@@H]7CO)O[C@@H]6CO)O[C@@H]5CO)O[C@@H]4CO)O[C@@H]3CO)c1cc(-c2ccc(-c3ccccc3)cc2)no1. The summed E-state index contributed by atoms with van der Waals surface area (Å²) in [6.07, 6.45) is -72.1. The third kappa shape index (κ3) is 14.6. The van der Waals surface area contributed by atoms with E-state index in [2.05, 4.69) is 10.5 Å². The number of aliphatic hydroxyl groups is 20. The van der Waals surface area contributed by atoms with E-state index in [1.807, 2.05) is 42.5 Å². The lowest BCUT2D eigenvalue weighted by Crippen LogP contribution is -2.68. The first-order valence-electron chi connectivity index (χ1n) is 30.8. The highest BCUT2D eigenvalue weighted by Gasteiger charge is 2.60. The summed E-state index contributed by atoms with van der Waals surface area (Å²) >= 11 is 0. The van der Waals surface area contributed by atoms with Crippen molar-refractivity contribution in [1.82, 2.24) is 10.5 Å². The summed E-state index contributed by atoms with van der Waals surface area (Å²) in [5.74, 6) is -1.31. The van der Waals surface area contributed by atoms with Crippen molar-refractivity contribution in [3.05, 3.63) is 66.4 Å². The van der Waals surface area contributed by atoms with Crippen molar-refractivity contribution in [1.29, 1.82) is 0 Å². The molecule has 21 fully saturated rings. The highest BCUT2D eigenvalue weighted by atomic mass is 16.8. The monoisotopic (exact) mass is 1380 g/mol. The summed E-state index contributed by atoms with van der Waals surface area (Å²) < 4.78 is 86.8. The van der Waals surface area contributed by atoms with E-state index in [1.165, 1.54) is 6.07 Å². The number of aliphatic hydroxyl groups excluding tert-OH is 20. The zero-order valence-electron chi connectivity index (χ0n) is 50.4. The van der Waals surface area contributed by atoms with E-state index in [9.17, 15) is 107 Å². The van der Waals surface area contributed by atoms with Crippen LogP contribution in [-0.2, 0) is 66.3 Å². The summed E-state index contributed by atoms with van der Waals surface area (Å²) in [5, 5.41) is 232. The second kappa shape index (κ2) is 31.3. The number of carbonyl (C=O) groups excluding carboxylic acids is 1. The summed E-state index contributed by atoms with van der Waals surface area (Å²) in [6.45, 7) is -7.21. The first kappa shape index (κ1) is 73.0. The van der Waals surface area contributed by atoms with Crippen molar-refractivity contribution in [2.45, 2.75) is 215 Å². The molecule has 2 aromatic carbocycles. The van der Waals surface area contributed by atoms with Crippen molar-refractivity contribution in [3.8, 4) is 22.4 Å². The highest BCUT2D eigenvalue weighted by Crippen LogP contribution is 2.39. The second-order valence-corrected chi connectivity index (χ2v) is 24.2. The first-order chi connectivity index (χ1) is 46.0. The molecule has 0 aliphatic carbocycles. The van der Waals surface area contributed by atoms with E-state index in [4.69, 9.17) is 70.8 Å². The van der Waals surface area contributed by atoms with E-state index >= 15 is 0 Å². The minimum atomic E-state index is -2.30. The predicted octanol–water partition coefficient (Wildman–Crippen LogP) is -11.5. The number of nitrogens with one attached hydrogen (secondary N) is 1. The van der Waals surface area contributed by atoms with Crippen LogP contribution in [-0.4, -0.2) is 374 Å². The third-order valence-corrected chi connectivity index (χ3v) is 18.1. The van der Waals surface area contributed by atoms with E-state index in [0.717, 1.165) is 11.1 Å². The van der Waals surface area contributed by atoms with Crippen molar-refractivity contribution >= 4 is 5.91 Å². The Hall–Kier alpha value is -4.24. The Morgan fingerprint density at radius 1 is 0.312 bits per heavy atom. The number of hydrogen-bond donors (Lipinski definition) is 21. The largest absolute Gasteiger partial charge is 0.394 e. The van der Waals surface area contributed by atoms with E-state index < -0.39 is 267 Å². The normalized spacial score (nSPS) is 46.6. The second-order valence-electron chi connectivity index (χ2n) is 24.2. The van der Waals surface area contributed by atoms with Crippen LogP contribution in [0.4, 0.5) is 0 Å². The van der Waals surface area contributed by atoms with Gasteiger partial charge >= 0.3 is 0 Å². The van der Waals surface area contributed by atoms with Crippen molar-refractivity contribution in [3.63, 3.8) is 0 Å². The lowest BCUT2D eigenvalue weighted by molar-refractivity contribution is -0.396. The number of carbonyl (C=O) groups is 1. The Morgan fingerprint density at radius 2 is 0.552 bits per heavy atom. The number of nitrogens with zero attached hydrogens (tertiary/aromatic N) is 1. The van der Waals surface area contributed by atoms with Crippen LogP contribution in [0.2, 0.25) is 0 Å². The van der Waals surface area contributed by atoms with Gasteiger partial charge in [-0.05, 0) is 11.1 Å².